The molecule has 0 aliphatic carbocycles. The van der Waals surface area contributed by atoms with Crippen molar-refractivity contribution >= 4 is 29.3 Å². The molecule has 0 heterocycles. The SMILES string of the molecule is CCNC(=O)C(=O)Nc1cccc(SC)c1. The topological polar surface area (TPSA) is 58.2 Å². The maximum Gasteiger partial charge on any atom is 0.313 e. The van der Waals surface area contributed by atoms with Crippen LogP contribution in [0.1, 0.15) is 6.92 Å². The van der Waals surface area contributed by atoms with Crippen molar-refractivity contribution in [1.82, 2.24) is 5.32 Å². The van der Waals surface area contributed by atoms with Gasteiger partial charge in [0.05, 0.1) is 0 Å². The fraction of sp³-hybridized carbons (Fsp3) is 0.273. The molecular weight excluding hydrogens is 224 g/mol. The third-order valence-corrected chi connectivity index (χ3v) is 2.60. The van der Waals surface area contributed by atoms with Crippen LogP contribution < -0.4 is 10.6 Å². The number of amides is 2. The third-order valence-electron chi connectivity index (χ3n) is 1.87. The molecule has 0 fully saturated rings. The highest BCUT2D eigenvalue weighted by Crippen LogP contribution is 2.18. The minimum atomic E-state index is -0.639. The maximum atomic E-state index is 11.4. The quantitative estimate of drug-likeness (QED) is 0.619. The summed E-state index contributed by atoms with van der Waals surface area (Å²) in [6, 6.07) is 7.34. The number of hydrogen-bond acceptors (Lipinski definition) is 3. The molecular formula is C11H14N2O2S. The maximum absolute atomic E-state index is 11.4. The Kier molecular flexibility index (Phi) is 4.85. The number of hydrogen-bond donors (Lipinski definition) is 2. The molecule has 1 aromatic carbocycles. The van der Waals surface area contributed by atoms with Gasteiger partial charge in [-0.1, -0.05) is 6.07 Å². The van der Waals surface area contributed by atoms with Gasteiger partial charge in [-0.2, -0.15) is 0 Å². The molecule has 4 nitrogen and oxygen atoms in total. The molecule has 86 valence electrons. The molecule has 0 saturated carbocycles. The molecule has 2 amide bonds. The number of benzene rings is 1. The van der Waals surface area contributed by atoms with E-state index in [1.807, 2.05) is 24.5 Å². The summed E-state index contributed by atoms with van der Waals surface area (Å²) in [6.45, 7) is 2.20. The van der Waals surface area contributed by atoms with Crippen LogP contribution in [-0.4, -0.2) is 24.6 Å². The van der Waals surface area contributed by atoms with E-state index in [1.165, 1.54) is 0 Å². The normalized spacial score (nSPS) is 9.62. The van der Waals surface area contributed by atoms with E-state index in [1.54, 1.807) is 24.8 Å². The molecule has 0 spiro atoms. The molecule has 0 aliphatic rings. The Bertz CT molecular complexity index is 393. The number of carbonyl (C=O) groups is 2. The average molecular weight is 238 g/mol. The van der Waals surface area contributed by atoms with Gasteiger partial charge in [0.15, 0.2) is 0 Å². The van der Waals surface area contributed by atoms with Crippen molar-refractivity contribution < 1.29 is 9.59 Å². The molecule has 0 aliphatic heterocycles. The summed E-state index contributed by atoms with van der Waals surface area (Å²) in [4.78, 5) is 23.6. The minimum Gasteiger partial charge on any atom is -0.348 e. The van der Waals surface area contributed by atoms with E-state index in [4.69, 9.17) is 0 Å². The Morgan fingerprint density at radius 3 is 2.69 bits per heavy atom. The molecule has 5 heteroatoms. The van der Waals surface area contributed by atoms with Crippen molar-refractivity contribution in [3.8, 4) is 0 Å². The van der Waals surface area contributed by atoms with Crippen molar-refractivity contribution in [3.05, 3.63) is 24.3 Å². The van der Waals surface area contributed by atoms with Gasteiger partial charge in [0.1, 0.15) is 0 Å². The number of likely N-dealkylation sites (N-methyl/N-ethyl adjacent to an activating group) is 1. The summed E-state index contributed by atoms with van der Waals surface area (Å²) in [7, 11) is 0. The van der Waals surface area contributed by atoms with Gasteiger partial charge in [0.2, 0.25) is 0 Å². The third kappa shape index (κ3) is 3.58. The number of nitrogens with one attached hydrogen (secondary N) is 2. The molecule has 1 rings (SSSR count). The van der Waals surface area contributed by atoms with Crippen LogP contribution >= 0.6 is 11.8 Å². The van der Waals surface area contributed by atoms with E-state index in [-0.39, 0.29) is 0 Å². The monoisotopic (exact) mass is 238 g/mol. The number of rotatable bonds is 3. The highest BCUT2D eigenvalue weighted by atomic mass is 32.2. The van der Waals surface area contributed by atoms with E-state index in [9.17, 15) is 9.59 Å². The Hall–Kier alpha value is -1.49. The molecule has 16 heavy (non-hydrogen) atoms. The molecule has 0 bridgehead atoms. The molecule has 2 N–H and O–H groups in total. The van der Waals surface area contributed by atoms with Gasteiger partial charge in [-0.15, -0.1) is 11.8 Å². The molecule has 0 radical (unpaired) electrons. The number of thioether (sulfide) groups is 1. The van der Waals surface area contributed by atoms with Gasteiger partial charge in [-0.3, -0.25) is 9.59 Å². The molecule has 0 saturated heterocycles. The Morgan fingerprint density at radius 2 is 2.06 bits per heavy atom. The van der Waals surface area contributed by atoms with E-state index >= 15 is 0 Å². The molecule has 0 atom stereocenters. The predicted molar refractivity (Wildman–Crippen MR) is 65.5 cm³/mol. The van der Waals surface area contributed by atoms with Crippen molar-refractivity contribution in [2.45, 2.75) is 11.8 Å². The van der Waals surface area contributed by atoms with Crippen LogP contribution in [0.2, 0.25) is 0 Å². The van der Waals surface area contributed by atoms with Crippen molar-refractivity contribution in [2.75, 3.05) is 18.1 Å². The second-order valence-corrected chi connectivity index (χ2v) is 3.93. The molecule has 0 aromatic heterocycles. The van der Waals surface area contributed by atoms with E-state index in [0.29, 0.717) is 12.2 Å². The van der Waals surface area contributed by atoms with E-state index < -0.39 is 11.8 Å². The highest BCUT2D eigenvalue weighted by molar-refractivity contribution is 7.98. The lowest BCUT2D eigenvalue weighted by atomic mass is 10.3. The van der Waals surface area contributed by atoms with Gasteiger partial charge < -0.3 is 10.6 Å². The first-order valence-electron chi connectivity index (χ1n) is 4.90. The lowest BCUT2D eigenvalue weighted by Gasteiger charge is -2.05. The zero-order valence-electron chi connectivity index (χ0n) is 9.24. The smallest absolute Gasteiger partial charge is 0.313 e. The van der Waals surface area contributed by atoms with Crippen molar-refractivity contribution in [3.63, 3.8) is 0 Å². The zero-order chi connectivity index (χ0) is 12.0. The van der Waals surface area contributed by atoms with Gasteiger partial charge in [-0.25, -0.2) is 0 Å². The van der Waals surface area contributed by atoms with Gasteiger partial charge in [-0.05, 0) is 31.4 Å². The highest BCUT2D eigenvalue weighted by Gasteiger charge is 2.11. The standard InChI is InChI=1S/C11H14N2O2S/c1-3-12-10(14)11(15)13-8-5-4-6-9(7-8)16-2/h4-7H,3H2,1-2H3,(H,12,14)(H,13,15). The van der Waals surface area contributed by atoms with Crippen molar-refractivity contribution in [1.29, 1.82) is 0 Å². The summed E-state index contributed by atoms with van der Waals surface area (Å²) in [5.41, 5.74) is 0.628. The van der Waals surface area contributed by atoms with Crippen LogP contribution in [0.4, 0.5) is 5.69 Å². The second kappa shape index (κ2) is 6.17. The summed E-state index contributed by atoms with van der Waals surface area (Å²) in [5.74, 6) is -1.25. The predicted octanol–water partition coefficient (Wildman–Crippen LogP) is 1.48. The van der Waals surface area contributed by atoms with E-state index in [2.05, 4.69) is 10.6 Å². The first-order valence-corrected chi connectivity index (χ1v) is 6.13. The summed E-state index contributed by atoms with van der Waals surface area (Å²) >= 11 is 1.58. The number of carbonyl (C=O) groups excluding carboxylic acids is 2. The Balaban J connectivity index is 2.65. The lowest BCUT2D eigenvalue weighted by molar-refractivity contribution is -0.136. The lowest BCUT2D eigenvalue weighted by Crippen LogP contribution is -2.35. The Morgan fingerprint density at radius 1 is 1.31 bits per heavy atom. The van der Waals surface area contributed by atoms with Gasteiger partial charge in [0.25, 0.3) is 0 Å². The van der Waals surface area contributed by atoms with Crippen molar-refractivity contribution in [2.24, 2.45) is 0 Å². The number of anilines is 1. The van der Waals surface area contributed by atoms with Crippen LogP contribution in [0.3, 0.4) is 0 Å². The second-order valence-electron chi connectivity index (χ2n) is 3.05. The van der Waals surface area contributed by atoms with Crippen LogP contribution in [-0.2, 0) is 9.59 Å². The first kappa shape index (κ1) is 12.6. The first-order chi connectivity index (χ1) is 7.67. The Labute approximate surface area is 98.8 Å². The largest absolute Gasteiger partial charge is 0.348 e. The van der Waals surface area contributed by atoms with Crippen LogP contribution in [0, 0.1) is 0 Å². The fourth-order valence-corrected chi connectivity index (χ4v) is 1.59. The van der Waals surface area contributed by atoms with Gasteiger partial charge in [0, 0.05) is 17.1 Å². The van der Waals surface area contributed by atoms with E-state index in [0.717, 1.165) is 4.90 Å². The van der Waals surface area contributed by atoms with Crippen LogP contribution in [0.5, 0.6) is 0 Å². The average Bonchev–Trinajstić information content (AvgIpc) is 2.29. The van der Waals surface area contributed by atoms with Crippen LogP contribution in [0.15, 0.2) is 29.2 Å². The molecule has 0 unspecified atom stereocenters. The zero-order valence-corrected chi connectivity index (χ0v) is 10.1. The molecule has 1 aromatic rings. The fourth-order valence-electron chi connectivity index (χ4n) is 1.13. The van der Waals surface area contributed by atoms with Gasteiger partial charge >= 0.3 is 11.8 Å². The minimum absolute atomic E-state index is 0.442. The van der Waals surface area contributed by atoms with Crippen LogP contribution in [0.25, 0.3) is 0 Å². The summed E-state index contributed by atoms with van der Waals surface area (Å²) < 4.78 is 0. The summed E-state index contributed by atoms with van der Waals surface area (Å²) in [5, 5.41) is 4.97. The summed E-state index contributed by atoms with van der Waals surface area (Å²) in [6.07, 6.45) is 1.95.